The number of phenolic OH excluding ortho intramolecular Hbond substituents is 1. The van der Waals surface area contributed by atoms with Crippen LogP contribution < -0.4 is 0 Å². The first-order chi connectivity index (χ1) is 7.58. The number of benzene rings is 1. The summed E-state index contributed by atoms with van der Waals surface area (Å²) in [7, 11) is 0. The topological polar surface area (TPSA) is 60.8 Å². The van der Waals surface area contributed by atoms with Gasteiger partial charge in [0.05, 0.1) is 18.6 Å². The predicted octanol–water partition coefficient (Wildman–Crippen LogP) is 1.05. The maximum Gasteiger partial charge on any atom is 0.225 e. The van der Waals surface area contributed by atoms with Gasteiger partial charge < -0.3 is 15.1 Å². The molecular weight excluding hydrogens is 206 g/mol. The number of aromatic hydroxyl groups is 1. The molecule has 0 aromatic heterocycles. The molecule has 2 unspecified atom stereocenters. The summed E-state index contributed by atoms with van der Waals surface area (Å²) < 4.78 is 0. The number of rotatable bonds is 2. The van der Waals surface area contributed by atoms with Crippen LogP contribution in [0.3, 0.4) is 0 Å². The lowest BCUT2D eigenvalue weighted by Gasteiger charge is -2.24. The fourth-order valence-electron chi connectivity index (χ4n) is 2.02. The molecule has 2 rings (SSSR count). The molecular formula is C12H15NO3. The van der Waals surface area contributed by atoms with E-state index in [9.17, 15) is 15.0 Å². The molecule has 1 aliphatic heterocycles. The van der Waals surface area contributed by atoms with Crippen molar-refractivity contribution in [1.29, 1.82) is 0 Å². The normalized spacial score (nSPS) is 22.5. The molecule has 0 bridgehead atoms. The highest BCUT2D eigenvalue weighted by molar-refractivity contribution is 5.79. The van der Waals surface area contributed by atoms with E-state index in [0.29, 0.717) is 6.54 Å². The first kappa shape index (κ1) is 11.0. The third-order valence-corrected chi connectivity index (χ3v) is 2.98. The fourth-order valence-corrected chi connectivity index (χ4v) is 2.02. The van der Waals surface area contributed by atoms with Gasteiger partial charge in [-0.25, -0.2) is 0 Å². The van der Waals surface area contributed by atoms with E-state index in [-0.39, 0.29) is 24.1 Å². The van der Waals surface area contributed by atoms with Crippen LogP contribution in [-0.4, -0.2) is 33.7 Å². The minimum Gasteiger partial charge on any atom is -0.508 e. The van der Waals surface area contributed by atoms with Gasteiger partial charge in [-0.2, -0.15) is 0 Å². The summed E-state index contributed by atoms with van der Waals surface area (Å²) in [5.74, 6) is 0.191. The highest BCUT2D eigenvalue weighted by atomic mass is 16.3. The summed E-state index contributed by atoms with van der Waals surface area (Å²) in [6.45, 7) is 2.31. The number of hydrogen-bond donors (Lipinski definition) is 2. The maximum absolute atomic E-state index is 11.6. The van der Waals surface area contributed by atoms with Crippen LogP contribution in [0.15, 0.2) is 24.3 Å². The fraction of sp³-hybridized carbons (Fsp3) is 0.417. The van der Waals surface area contributed by atoms with E-state index >= 15 is 0 Å². The number of carbonyl (C=O) groups is 1. The lowest BCUT2D eigenvalue weighted by Crippen LogP contribution is -2.29. The van der Waals surface area contributed by atoms with Crippen LogP contribution in [0.5, 0.6) is 5.75 Å². The smallest absolute Gasteiger partial charge is 0.225 e. The highest BCUT2D eigenvalue weighted by Gasteiger charge is 2.31. The van der Waals surface area contributed by atoms with Gasteiger partial charge in [-0.1, -0.05) is 12.1 Å². The summed E-state index contributed by atoms with van der Waals surface area (Å²) in [4.78, 5) is 13.2. The molecule has 4 nitrogen and oxygen atoms in total. The first-order valence-electron chi connectivity index (χ1n) is 5.34. The van der Waals surface area contributed by atoms with Gasteiger partial charge in [-0.05, 0) is 24.6 Å². The molecule has 0 radical (unpaired) electrons. The number of phenols is 1. The molecule has 0 aliphatic carbocycles. The molecule has 2 atom stereocenters. The van der Waals surface area contributed by atoms with Crippen molar-refractivity contribution in [3.63, 3.8) is 0 Å². The van der Waals surface area contributed by atoms with Gasteiger partial charge in [0.2, 0.25) is 5.91 Å². The van der Waals surface area contributed by atoms with E-state index in [1.54, 1.807) is 29.2 Å². The average molecular weight is 221 g/mol. The Labute approximate surface area is 94.1 Å². The van der Waals surface area contributed by atoms with Crippen molar-refractivity contribution in [1.82, 2.24) is 4.90 Å². The third kappa shape index (κ3) is 2.02. The molecule has 4 heteroatoms. The number of nitrogens with zero attached hydrogens (tertiary/aromatic N) is 1. The largest absolute Gasteiger partial charge is 0.508 e. The number of hydrogen-bond acceptors (Lipinski definition) is 3. The van der Waals surface area contributed by atoms with E-state index in [0.717, 1.165) is 5.56 Å². The van der Waals surface area contributed by atoms with Crippen molar-refractivity contribution in [3.8, 4) is 5.75 Å². The van der Waals surface area contributed by atoms with Gasteiger partial charge in [0, 0.05) is 6.54 Å². The number of β-amino-alcohol motifs (C(OH)–C–C–N with tert-alkyl or cyclic N) is 1. The van der Waals surface area contributed by atoms with E-state index in [1.165, 1.54) is 0 Å². The summed E-state index contributed by atoms with van der Waals surface area (Å²) in [6, 6.07) is 6.71. The summed E-state index contributed by atoms with van der Waals surface area (Å²) in [5, 5.41) is 18.6. The van der Waals surface area contributed by atoms with Crippen molar-refractivity contribution < 1.29 is 15.0 Å². The monoisotopic (exact) mass is 221 g/mol. The van der Waals surface area contributed by atoms with Crippen molar-refractivity contribution in [2.24, 2.45) is 0 Å². The Kier molecular flexibility index (Phi) is 2.83. The Morgan fingerprint density at radius 3 is 2.50 bits per heavy atom. The number of aliphatic hydroxyl groups excluding tert-OH is 1. The second kappa shape index (κ2) is 4.14. The van der Waals surface area contributed by atoms with Crippen molar-refractivity contribution in [3.05, 3.63) is 29.8 Å². The second-order valence-corrected chi connectivity index (χ2v) is 4.17. The molecule has 1 aliphatic rings. The lowest BCUT2D eigenvalue weighted by molar-refractivity contribution is -0.129. The SMILES string of the molecule is CC(c1ccc(O)cc1)N1CC(O)CC1=O. The van der Waals surface area contributed by atoms with Crippen LogP contribution in [0.2, 0.25) is 0 Å². The quantitative estimate of drug-likeness (QED) is 0.784. The molecule has 1 aromatic rings. The van der Waals surface area contributed by atoms with Crippen LogP contribution in [0.1, 0.15) is 24.9 Å². The van der Waals surface area contributed by atoms with Gasteiger partial charge in [-0.3, -0.25) is 4.79 Å². The maximum atomic E-state index is 11.6. The van der Waals surface area contributed by atoms with Crippen LogP contribution in [0.4, 0.5) is 0 Å². The minimum absolute atomic E-state index is 0.0203. The Bertz CT molecular complexity index is 388. The number of likely N-dealkylation sites (tertiary alicyclic amines) is 1. The molecule has 1 saturated heterocycles. The molecule has 16 heavy (non-hydrogen) atoms. The van der Waals surface area contributed by atoms with Gasteiger partial charge in [0.1, 0.15) is 5.75 Å². The van der Waals surface area contributed by atoms with E-state index < -0.39 is 6.10 Å². The average Bonchev–Trinajstić information content (AvgIpc) is 2.58. The number of aliphatic hydroxyl groups is 1. The summed E-state index contributed by atoms with van der Waals surface area (Å²) in [6.07, 6.45) is -0.338. The van der Waals surface area contributed by atoms with Crippen LogP contribution >= 0.6 is 0 Å². The van der Waals surface area contributed by atoms with E-state index in [1.807, 2.05) is 6.92 Å². The van der Waals surface area contributed by atoms with Crippen molar-refractivity contribution >= 4 is 5.91 Å². The predicted molar refractivity (Wildman–Crippen MR) is 58.9 cm³/mol. The molecule has 0 spiro atoms. The number of carbonyl (C=O) groups excluding carboxylic acids is 1. The van der Waals surface area contributed by atoms with Crippen LogP contribution in [0, 0.1) is 0 Å². The number of amides is 1. The zero-order valence-electron chi connectivity index (χ0n) is 9.13. The molecule has 1 fully saturated rings. The standard InChI is InChI=1S/C12H15NO3/c1-8(9-2-4-10(14)5-3-9)13-7-11(15)6-12(13)16/h2-5,8,11,14-15H,6-7H2,1H3. The summed E-state index contributed by atoms with van der Waals surface area (Å²) >= 11 is 0. The molecule has 86 valence electrons. The van der Waals surface area contributed by atoms with E-state index in [2.05, 4.69) is 0 Å². The second-order valence-electron chi connectivity index (χ2n) is 4.17. The Hall–Kier alpha value is -1.55. The summed E-state index contributed by atoms with van der Waals surface area (Å²) in [5.41, 5.74) is 0.959. The van der Waals surface area contributed by atoms with Gasteiger partial charge in [0.25, 0.3) is 0 Å². The Morgan fingerprint density at radius 2 is 2.00 bits per heavy atom. The zero-order chi connectivity index (χ0) is 11.7. The van der Waals surface area contributed by atoms with Crippen LogP contribution in [0.25, 0.3) is 0 Å². The third-order valence-electron chi connectivity index (χ3n) is 2.98. The Morgan fingerprint density at radius 1 is 1.38 bits per heavy atom. The van der Waals surface area contributed by atoms with Gasteiger partial charge >= 0.3 is 0 Å². The van der Waals surface area contributed by atoms with E-state index in [4.69, 9.17) is 0 Å². The first-order valence-corrected chi connectivity index (χ1v) is 5.34. The molecule has 0 saturated carbocycles. The lowest BCUT2D eigenvalue weighted by atomic mass is 10.1. The minimum atomic E-state index is -0.549. The van der Waals surface area contributed by atoms with Crippen molar-refractivity contribution in [2.45, 2.75) is 25.5 Å². The van der Waals surface area contributed by atoms with Gasteiger partial charge in [0.15, 0.2) is 0 Å². The highest BCUT2D eigenvalue weighted by Crippen LogP contribution is 2.26. The van der Waals surface area contributed by atoms with Crippen molar-refractivity contribution in [2.75, 3.05) is 6.54 Å². The van der Waals surface area contributed by atoms with Gasteiger partial charge in [-0.15, -0.1) is 0 Å². The van der Waals surface area contributed by atoms with Crippen LogP contribution in [-0.2, 0) is 4.79 Å². The zero-order valence-corrected chi connectivity index (χ0v) is 9.13. The molecule has 1 aromatic carbocycles. The molecule has 1 heterocycles. The molecule has 1 amide bonds. The molecule has 2 N–H and O–H groups in total. The Balaban J connectivity index is 2.16.